The first-order valence-corrected chi connectivity index (χ1v) is 17.3. The predicted molar refractivity (Wildman–Crippen MR) is 199 cm³/mol. The Kier molecular flexibility index (Phi) is 8.93. The molecule has 7 heteroatoms. The smallest absolute Gasteiger partial charge is 0.323 e. The van der Waals surface area contributed by atoms with Crippen molar-refractivity contribution in [2.24, 2.45) is 0 Å². The van der Waals surface area contributed by atoms with Gasteiger partial charge in [0.05, 0.1) is 0 Å². The van der Waals surface area contributed by atoms with E-state index in [1.54, 1.807) is 0 Å². The number of benzene rings is 4. The third kappa shape index (κ3) is 6.61. The van der Waals surface area contributed by atoms with E-state index >= 15 is 0 Å². The molecule has 1 atom stereocenters. The molecule has 1 saturated heterocycles. The maximum Gasteiger partial charge on any atom is 0.323 e. The number of nitrogens with zero attached hydrogens (tertiary/aromatic N) is 4. The Balaban J connectivity index is 1.12. The summed E-state index contributed by atoms with van der Waals surface area (Å²) < 4.78 is 7.72. The Morgan fingerprint density at radius 3 is 2.06 bits per heavy atom. The second-order valence-corrected chi connectivity index (χ2v) is 14.2. The summed E-state index contributed by atoms with van der Waals surface area (Å²) in [4.78, 5) is 26.2. The number of carbonyl (C=O) groups excluding carboxylic acids is 2. The highest BCUT2D eigenvalue weighted by Crippen LogP contribution is 2.37. The second-order valence-electron chi connectivity index (χ2n) is 14.2. The molecule has 6 aromatic rings. The quantitative estimate of drug-likeness (QED) is 0.120. The molecular formula is C43H42N4O3. The third-order valence-electron chi connectivity index (χ3n) is 9.68. The molecule has 0 unspecified atom stereocenters. The highest BCUT2D eigenvalue weighted by atomic mass is 16.6. The third-order valence-corrected chi connectivity index (χ3v) is 9.68. The first kappa shape index (κ1) is 33.1. The van der Waals surface area contributed by atoms with Crippen LogP contribution < -0.4 is 0 Å². The van der Waals surface area contributed by atoms with Gasteiger partial charge in [-0.05, 0) is 116 Å². The molecular weight excluding hydrogens is 620 g/mol. The Morgan fingerprint density at radius 1 is 0.800 bits per heavy atom. The van der Waals surface area contributed by atoms with Crippen LogP contribution in [0.4, 0.5) is 0 Å². The van der Waals surface area contributed by atoms with Crippen LogP contribution in [0.1, 0.15) is 60.7 Å². The molecule has 0 aliphatic carbocycles. The van der Waals surface area contributed by atoms with Gasteiger partial charge in [-0.1, -0.05) is 84.9 Å². The van der Waals surface area contributed by atoms with Crippen LogP contribution in [-0.2, 0) is 16.1 Å². The van der Waals surface area contributed by atoms with Crippen molar-refractivity contribution >= 4 is 17.9 Å². The number of ether oxygens (including phenoxy) is 1. The fourth-order valence-corrected chi connectivity index (χ4v) is 7.12. The molecule has 7 rings (SSSR count). The van der Waals surface area contributed by atoms with E-state index < -0.39 is 5.60 Å². The summed E-state index contributed by atoms with van der Waals surface area (Å²) in [7, 11) is 0. The summed E-state index contributed by atoms with van der Waals surface area (Å²) in [6, 6.07) is 33.0. The van der Waals surface area contributed by atoms with Gasteiger partial charge in [-0.25, -0.2) is 0 Å². The summed E-state index contributed by atoms with van der Waals surface area (Å²) in [6.07, 6.45) is 4.74. The molecule has 0 spiro atoms. The van der Waals surface area contributed by atoms with Crippen LogP contribution in [0.3, 0.4) is 0 Å². The molecule has 4 aromatic carbocycles. The van der Waals surface area contributed by atoms with Gasteiger partial charge in [0.15, 0.2) is 11.5 Å². The zero-order chi connectivity index (χ0) is 35.0. The van der Waals surface area contributed by atoms with Crippen LogP contribution >= 0.6 is 0 Å². The van der Waals surface area contributed by atoms with Crippen molar-refractivity contribution in [2.45, 2.75) is 65.6 Å². The number of carbonyl (C=O) groups is 2. The normalized spacial score (nSPS) is 15.0. The monoisotopic (exact) mass is 662 g/mol. The number of likely N-dealkylation sites (tertiary alicyclic amines) is 1. The van der Waals surface area contributed by atoms with Gasteiger partial charge in [0.1, 0.15) is 17.9 Å². The SMILES string of the molecule is Cc1c(-c2ccc(C=O)cc2)cccc1-c1cccc(-c2ccn3c(-c4ccc(CN5CCC[C@@H]5C(=O)OC(C)(C)C)cc4)nnc3c2)c1C. The molecule has 1 fully saturated rings. The molecule has 0 N–H and O–H groups in total. The molecule has 0 radical (unpaired) electrons. The maximum absolute atomic E-state index is 12.8. The summed E-state index contributed by atoms with van der Waals surface area (Å²) in [5.74, 6) is 0.649. The maximum atomic E-state index is 12.8. The molecule has 50 heavy (non-hydrogen) atoms. The minimum atomic E-state index is -0.488. The topological polar surface area (TPSA) is 76.8 Å². The minimum absolute atomic E-state index is 0.133. The van der Waals surface area contributed by atoms with Gasteiger partial charge in [0.2, 0.25) is 0 Å². The van der Waals surface area contributed by atoms with Crippen LogP contribution in [-0.4, -0.2) is 49.9 Å². The molecule has 1 aliphatic heterocycles. The minimum Gasteiger partial charge on any atom is -0.459 e. The van der Waals surface area contributed by atoms with Crippen molar-refractivity contribution in [2.75, 3.05) is 6.54 Å². The zero-order valence-electron chi connectivity index (χ0n) is 29.3. The van der Waals surface area contributed by atoms with E-state index in [0.717, 1.165) is 70.5 Å². The van der Waals surface area contributed by atoms with Gasteiger partial charge < -0.3 is 4.74 Å². The van der Waals surface area contributed by atoms with Gasteiger partial charge >= 0.3 is 5.97 Å². The molecule has 0 bridgehead atoms. The zero-order valence-corrected chi connectivity index (χ0v) is 29.3. The van der Waals surface area contributed by atoms with E-state index in [2.05, 4.69) is 102 Å². The van der Waals surface area contributed by atoms with E-state index in [4.69, 9.17) is 4.74 Å². The molecule has 0 saturated carbocycles. The van der Waals surface area contributed by atoms with E-state index in [-0.39, 0.29) is 12.0 Å². The summed E-state index contributed by atoms with van der Waals surface area (Å²) >= 11 is 0. The van der Waals surface area contributed by atoms with Gasteiger partial charge in [0.25, 0.3) is 0 Å². The number of aldehydes is 1. The van der Waals surface area contributed by atoms with Crippen molar-refractivity contribution in [1.82, 2.24) is 19.5 Å². The van der Waals surface area contributed by atoms with Crippen LogP contribution in [0.5, 0.6) is 0 Å². The van der Waals surface area contributed by atoms with Gasteiger partial charge in [0, 0.05) is 23.9 Å². The van der Waals surface area contributed by atoms with Crippen LogP contribution in [0, 0.1) is 13.8 Å². The average Bonchev–Trinajstić information content (AvgIpc) is 3.75. The number of aromatic nitrogens is 3. The standard InChI is InChI=1S/C43H42N4O3/c1-28-35(32-18-16-31(27-48)17-19-32)9-6-11-37(28)38-12-7-10-36(29(38)2)34-22-24-47-40(25-34)44-45-41(47)33-20-14-30(15-21-33)26-46-23-8-13-39(46)42(49)50-43(3,4)5/h6-7,9-12,14-22,24-25,27,39H,8,13,23,26H2,1-5H3/t39-/m1/s1. The molecule has 1 aliphatic rings. The van der Waals surface area contributed by atoms with Crippen molar-refractivity contribution in [1.29, 1.82) is 0 Å². The average molecular weight is 663 g/mol. The highest BCUT2D eigenvalue weighted by molar-refractivity contribution is 5.85. The second kappa shape index (κ2) is 13.5. The Hall–Kier alpha value is -5.40. The Morgan fingerprint density at radius 2 is 1.42 bits per heavy atom. The number of esters is 1. The number of hydrogen-bond donors (Lipinski definition) is 0. The fourth-order valence-electron chi connectivity index (χ4n) is 7.12. The van der Waals surface area contributed by atoms with Gasteiger partial charge in [-0.15, -0.1) is 10.2 Å². The highest BCUT2D eigenvalue weighted by Gasteiger charge is 2.34. The number of rotatable bonds is 8. The van der Waals surface area contributed by atoms with Crippen LogP contribution in [0.2, 0.25) is 0 Å². The number of fused-ring (bicyclic) bond motifs is 1. The lowest BCUT2D eigenvalue weighted by molar-refractivity contribution is -0.160. The molecule has 252 valence electrons. The molecule has 7 nitrogen and oxygen atoms in total. The van der Waals surface area contributed by atoms with Crippen molar-refractivity contribution in [3.05, 3.63) is 126 Å². The van der Waals surface area contributed by atoms with Crippen LogP contribution in [0.15, 0.2) is 103 Å². The largest absolute Gasteiger partial charge is 0.459 e. The Bertz CT molecular complexity index is 2190. The molecule has 0 amide bonds. The Labute approximate surface area is 293 Å². The summed E-state index contributed by atoms with van der Waals surface area (Å²) in [5.41, 5.74) is 12.3. The number of pyridine rings is 1. The summed E-state index contributed by atoms with van der Waals surface area (Å²) in [5, 5.41) is 9.13. The first-order valence-electron chi connectivity index (χ1n) is 17.3. The lowest BCUT2D eigenvalue weighted by Crippen LogP contribution is -2.40. The summed E-state index contributed by atoms with van der Waals surface area (Å²) in [6.45, 7) is 11.7. The van der Waals surface area contributed by atoms with Crippen molar-refractivity contribution in [3.8, 4) is 44.8 Å². The molecule has 2 aromatic heterocycles. The van der Waals surface area contributed by atoms with Gasteiger partial charge in [-0.3, -0.25) is 18.9 Å². The van der Waals surface area contributed by atoms with E-state index in [1.807, 2.05) is 55.6 Å². The van der Waals surface area contributed by atoms with Crippen molar-refractivity contribution in [3.63, 3.8) is 0 Å². The molecule has 3 heterocycles. The number of hydrogen-bond acceptors (Lipinski definition) is 6. The lowest BCUT2D eigenvalue weighted by atomic mass is 9.88. The van der Waals surface area contributed by atoms with Crippen molar-refractivity contribution < 1.29 is 14.3 Å². The van der Waals surface area contributed by atoms with E-state index in [0.29, 0.717) is 12.1 Å². The first-order chi connectivity index (χ1) is 24.1. The van der Waals surface area contributed by atoms with Gasteiger partial charge in [-0.2, -0.15) is 0 Å². The fraction of sp³-hybridized carbons (Fsp3) is 0.256. The van der Waals surface area contributed by atoms with Crippen LogP contribution in [0.25, 0.3) is 50.4 Å². The lowest BCUT2D eigenvalue weighted by Gasteiger charge is -2.27. The van der Waals surface area contributed by atoms with E-state index in [9.17, 15) is 9.59 Å². The predicted octanol–water partition coefficient (Wildman–Crippen LogP) is 9.13. The van der Waals surface area contributed by atoms with E-state index in [1.165, 1.54) is 22.3 Å².